The van der Waals surface area contributed by atoms with Crippen LogP contribution in [0.15, 0.2) is 48.5 Å². The van der Waals surface area contributed by atoms with E-state index < -0.39 is 18.5 Å². The van der Waals surface area contributed by atoms with Crippen LogP contribution in [-0.2, 0) is 9.53 Å². The minimum Gasteiger partial charge on any atom is -0.452 e. The summed E-state index contributed by atoms with van der Waals surface area (Å²) in [5.41, 5.74) is 2.51. The van der Waals surface area contributed by atoms with Crippen LogP contribution >= 0.6 is 0 Å². The predicted molar refractivity (Wildman–Crippen MR) is 123 cm³/mol. The molecule has 0 aliphatic heterocycles. The average molecular weight is 426 g/mol. The molecule has 31 heavy (non-hydrogen) atoms. The Bertz CT molecular complexity index is 871. The molecule has 0 aromatic heterocycles. The first-order chi connectivity index (χ1) is 14.9. The number of hydrogen-bond acceptors (Lipinski definition) is 5. The maximum atomic E-state index is 12.3. The first-order valence-electron chi connectivity index (χ1n) is 10.6. The number of esters is 1. The Labute approximate surface area is 184 Å². The number of benzene rings is 2. The number of rotatable bonds is 10. The summed E-state index contributed by atoms with van der Waals surface area (Å²) in [6.07, 6.45) is 0. The van der Waals surface area contributed by atoms with Crippen molar-refractivity contribution in [2.45, 2.75) is 27.7 Å². The smallest absolute Gasteiger partial charge is 0.338 e. The number of carbonyl (C=O) groups excluding carboxylic acids is 3. The lowest BCUT2D eigenvalue weighted by molar-refractivity contribution is -0.119. The third kappa shape index (κ3) is 6.57. The first kappa shape index (κ1) is 23.9. The largest absolute Gasteiger partial charge is 0.452 e. The molecule has 0 atom stereocenters. The number of nitrogens with one attached hydrogen (secondary N) is 1. The van der Waals surface area contributed by atoms with E-state index in [1.165, 1.54) is 0 Å². The summed E-state index contributed by atoms with van der Waals surface area (Å²) in [5, 5.41) is 2.66. The summed E-state index contributed by atoms with van der Waals surface area (Å²) in [4.78, 5) is 40.5. The molecule has 2 aromatic rings. The van der Waals surface area contributed by atoms with Gasteiger partial charge in [-0.3, -0.25) is 9.59 Å². The zero-order chi connectivity index (χ0) is 22.8. The topological polar surface area (TPSA) is 79.0 Å². The number of carbonyl (C=O) groups is 3. The second-order valence-electron chi connectivity index (χ2n) is 6.90. The van der Waals surface area contributed by atoms with E-state index in [2.05, 4.69) is 24.1 Å². The van der Waals surface area contributed by atoms with Crippen LogP contribution in [0.5, 0.6) is 0 Å². The van der Waals surface area contributed by atoms with E-state index in [-0.39, 0.29) is 5.91 Å². The summed E-state index contributed by atoms with van der Waals surface area (Å²) in [6, 6.07) is 13.8. The highest BCUT2D eigenvalue weighted by Crippen LogP contribution is 2.16. The van der Waals surface area contributed by atoms with Gasteiger partial charge in [-0.05, 0) is 76.2 Å². The van der Waals surface area contributed by atoms with Gasteiger partial charge in [0.2, 0.25) is 0 Å². The average Bonchev–Trinajstić information content (AvgIpc) is 2.80. The molecule has 0 heterocycles. The molecule has 0 saturated carbocycles. The van der Waals surface area contributed by atoms with Gasteiger partial charge in [-0.2, -0.15) is 0 Å². The molecule has 0 saturated heterocycles. The standard InChI is InChI=1S/C24H31N3O4/c1-5-26(6-2)21-15-11-19(12-16-21)24(30)31-17-22(28)25-20-13-9-18(10-14-20)23(29)27(7-3)8-4/h9-16H,5-8,17H2,1-4H3,(H,25,28). The minimum atomic E-state index is -0.554. The fourth-order valence-corrected chi connectivity index (χ4v) is 3.20. The molecular weight excluding hydrogens is 394 g/mol. The van der Waals surface area contributed by atoms with E-state index in [9.17, 15) is 14.4 Å². The van der Waals surface area contributed by atoms with Gasteiger partial charge in [0, 0.05) is 43.1 Å². The van der Waals surface area contributed by atoms with E-state index in [0.717, 1.165) is 18.8 Å². The van der Waals surface area contributed by atoms with Crippen LogP contribution in [0.4, 0.5) is 11.4 Å². The van der Waals surface area contributed by atoms with E-state index in [1.54, 1.807) is 41.3 Å². The maximum Gasteiger partial charge on any atom is 0.338 e. The van der Waals surface area contributed by atoms with Crippen LogP contribution in [0, 0.1) is 0 Å². The molecule has 0 radical (unpaired) electrons. The Morgan fingerprint density at radius 1 is 0.774 bits per heavy atom. The fraction of sp³-hybridized carbons (Fsp3) is 0.375. The normalized spacial score (nSPS) is 10.3. The van der Waals surface area contributed by atoms with E-state index >= 15 is 0 Å². The number of anilines is 2. The van der Waals surface area contributed by atoms with Crippen LogP contribution in [-0.4, -0.2) is 55.5 Å². The monoisotopic (exact) mass is 425 g/mol. The van der Waals surface area contributed by atoms with Gasteiger partial charge in [0.25, 0.3) is 11.8 Å². The molecule has 0 fully saturated rings. The van der Waals surface area contributed by atoms with Gasteiger partial charge in [0.15, 0.2) is 6.61 Å². The lowest BCUT2D eigenvalue weighted by Crippen LogP contribution is -2.30. The van der Waals surface area contributed by atoms with E-state index in [0.29, 0.717) is 29.9 Å². The Kier molecular flexibility index (Phi) is 9.06. The third-order valence-electron chi connectivity index (χ3n) is 5.03. The molecule has 2 rings (SSSR count). The molecule has 0 bridgehead atoms. The Morgan fingerprint density at radius 2 is 1.32 bits per heavy atom. The third-order valence-corrected chi connectivity index (χ3v) is 5.03. The van der Waals surface area contributed by atoms with Crippen LogP contribution < -0.4 is 10.2 Å². The highest BCUT2D eigenvalue weighted by Gasteiger charge is 2.14. The van der Waals surface area contributed by atoms with E-state index in [1.807, 2.05) is 26.0 Å². The van der Waals surface area contributed by atoms with Gasteiger partial charge in [0.1, 0.15) is 0 Å². The molecule has 0 spiro atoms. The van der Waals surface area contributed by atoms with Crippen LogP contribution in [0.25, 0.3) is 0 Å². The Morgan fingerprint density at radius 3 is 1.84 bits per heavy atom. The van der Waals surface area contributed by atoms with Crippen molar-refractivity contribution in [2.24, 2.45) is 0 Å². The first-order valence-corrected chi connectivity index (χ1v) is 10.6. The SMILES string of the molecule is CCN(CC)C(=O)c1ccc(NC(=O)COC(=O)c2ccc(N(CC)CC)cc2)cc1. The zero-order valence-electron chi connectivity index (χ0n) is 18.7. The molecule has 0 aliphatic carbocycles. The molecule has 7 heteroatoms. The molecule has 1 N–H and O–H groups in total. The Hall–Kier alpha value is -3.35. The quantitative estimate of drug-likeness (QED) is 0.586. The highest BCUT2D eigenvalue weighted by atomic mass is 16.5. The minimum absolute atomic E-state index is 0.0520. The van der Waals surface area contributed by atoms with Crippen molar-refractivity contribution in [3.05, 3.63) is 59.7 Å². The van der Waals surface area contributed by atoms with Crippen molar-refractivity contribution in [1.82, 2.24) is 4.90 Å². The highest BCUT2D eigenvalue weighted by molar-refractivity contribution is 5.97. The van der Waals surface area contributed by atoms with Crippen molar-refractivity contribution in [2.75, 3.05) is 43.0 Å². The summed E-state index contributed by atoms with van der Waals surface area (Å²) < 4.78 is 5.11. The van der Waals surface area contributed by atoms with Crippen molar-refractivity contribution >= 4 is 29.2 Å². The molecule has 0 aliphatic rings. The van der Waals surface area contributed by atoms with Gasteiger partial charge < -0.3 is 19.9 Å². The van der Waals surface area contributed by atoms with Crippen LogP contribution in [0.3, 0.4) is 0 Å². The number of amides is 2. The van der Waals surface area contributed by atoms with Gasteiger partial charge in [-0.25, -0.2) is 4.79 Å². The fourth-order valence-electron chi connectivity index (χ4n) is 3.20. The molecule has 2 amide bonds. The molecule has 166 valence electrons. The summed E-state index contributed by atoms with van der Waals surface area (Å²) >= 11 is 0. The van der Waals surface area contributed by atoms with Gasteiger partial charge in [-0.15, -0.1) is 0 Å². The summed E-state index contributed by atoms with van der Waals surface area (Å²) in [6.45, 7) is 10.6. The van der Waals surface area contributed by atoms with Crippen molar-refractivity contribution in [3.8, 4) is 0 Å². The van der Waals surface area contributed by atoms with Crippen molar-refractivity contribution < 1.29 is 19.1 Å². The zero-order valence-corrected chi connectivity index (χ0v) is 18.7. The predicted octanol–water partition coefficient (Wildman–Crippen LogP) is 3.81. The number of hydrogen-bond donors (Lipinski definition) is 1. The second kappa shape index (κ2) is 11.7. The molecular formula is C24H31N3O4. The van der Waals surface area contributed by atoms with Crippen LogP contribution in [0.1, 0.15) is 48.4 Å². The van der Waals surface area contributed by atoms with E-state index in [4.69, 9.17) is 4.74 Å². The molecule has 2 aromatic carbocycles. The maximum absolute atomic E-state index is 12.3. The van der Waals surface area contributed by atoms with Gasteiger partial charge in [0.05, 0.1) is 5.56 Å². The second-order valence-corrected chi connectivity index (χ2v) is 6.90. The lowest BCUT2D eigenvalue weighted by atomic mass is 10.1. The summed E-state index contributed by atoms with van der Waals surface area (Å²) in [5.74, 6) is -1.05. The Balaban J connectivity index is 1.87. The molecule has 0 unspecified atom stereocenters. The number of ether oxygens (including phenoxy) is 1. The van der Waals surface area contributed by atoms with Crippen molar-refractivity contribution in [1.29, 1.82) is 0 Å². The number of nitrogens with zero attached hydrogens (tertiary/aromatic N) is 2. The van der Waals surface area contributed by atoms with Gasteiger partial charge >= 0.3 is 5.97 Å². The van der Waals surface area contributed by atoms with Crippen molar-refractivity contribution in [3.63, 3.8) is 0 Å². The van der Waals surface area contributed by atoms with Gasteiger partial charge in [-0.1, -0.05) is 0 Å². The van der Waals surface area contributed by atoms with Crippen LogP contribution in [0.2, 0.25) is 0 Å². The molecule has 7 nitrogen and oxygen atoms in total. The lowest BCUT2D eigenvalue weighted by Gasteiger charge is -2.20. The summed E-state index contributed by atoms with van der Waals surface area (Å²) in [7, 11) is 0.